The Hall–Kier alpha value is -1.33. The van der Waals surface area contributed by atoms with Crippen molar-refractivity contribution in [3.05, 3.63) is 35.9 Å². The minimum absolute atomic E-state index is 0.170. The maximum absolute atomic E-state index is 8.80. The summed E-state index contributed by atoms with van der Waals surface area (Å²) in [5.41, 5.74) is 1.03. The van der Waals surface area contributed by atoms with Gasteiger partial charge in [-0.2, -0.15) is 5.26 Å². The van der Waals surface area contributed by atoms with Crippen LogP contribution in [0.3, 0.4) is 0 Å². The van der Waals surface area contributed by atoms with Crippen LogP contribution in [0.25, 0.3) is 0 Å². The monoisotopic (exact) mass is 160 g/mol. The highest BCUT2D eigenvalue weighted by Crippen LogP contribution is 2.09. The summed E-state index contributed by atoms with van der Waals surface area (Å²) in [6, 6.07) is 11.8. The highest BCUT2D eigenvalue weighted by molar-refractivity contribution is 5.23. The first-order chi connectivity index (χ1) is 5.88. The van der Waals surface area contributed by atoms with Gasteiger partial charge in [0.05, 0.1) is 6.07 Å². The fourth-order valence-electron chi connectivity index (χ4n) is 1.09. The van der Waals surface area contributed by atoms with Crippen molar-refractivity contribution in [2.45, 2.75) is 13.0 Å². The fraction of sp³-hybridized carbons (Fsp3) is 0.300. The lowest BCUT2D eigenvalue weighted by Crippen LogP contribution is -2.18. The molecule has 1 aromatic rings. The van der Waals surface area contributed by atoms with Gasteiger partial charge in [-0.25, -0.2) is 0 Å². The van der Waals surface area contributed by atoms with E-state index in [-0.39, 0.29) is 6.04 Å². The zero-order valence-electron chi connectivity index (χ0n) is 7.12. The van der Waals surface area contributed by atoms with E-state index in [1.807, 2.05) is 37.3 Å². The second-order valence-electron chi connectivity index (χ2n) is 2.53. The smallest absolute Gasteiger partial charge is 0.121 e. The van der Waals surface area contributed by atoms with E-state index in [9.17, 15) is 0 Å². The van der Waals surface area contributed by atoms with Crippen LogP contribution in [0.1, 0.15) is 18.5 Å². The average molecular weight is 160 g/mol. The van der Waals surface area contributed by atoms with Crippen molar-refractivity contribution >= 4 is 0 Å². The molecule has 0 spiro atoms. The molecule has 0 radical (unpaired) electrons. The van der Waals surface area contributed by atoms with Crippen LogP contribution in [0.15, 0.2) is 30.3 Å². The number of benzene rings is 1. The van der Waals surface area contributed by atoms with E-state index >= 15 is 0 Å². The zero-order valence-corrected chi connectivity index (χ0v) is 7.12. The zero-order chi connectivity index (χ0) is 8.81. The second kappa shape index (κ2) is 4.53. The minimum atomic E-state index is -0.170. The first-order valence-corrected chi connectivity index (χ1v) is 4.06. The van der Waals surface area contributed by atoms with Gasteiger partial charge >= 0.3 is 0 Å². The largest absolute Gasteiger partial charge is 0.298 e. The summed E-state index contributed by atoms with van der Waals surface area (Å²) in [4.78, 5) is 0. The summed E-state index contributed by atoms with van der Waals surface area (Å²) in [6.07, 6.45) is 0. The Labute approximate surface area is 72.8 Å². The van der Waals surface area contributed by atoms with E-state index in [4.69, 9.17) is 5.26 Å². The molecular formula is C10H12N2. The van der Waals surface area contributed by atoms with Crippen LogP contribution >= 0.6 is 0 Å². The van der Waals surface area contributed by atoms with Gasteiger partial charge < -0.3 is 0 Å². The van der Waals surface area contributed by atoms with Crippen LogP contribution in [0.5, 0.6) is 0 Å². The number of rotatable bonds is 3. The third kappa shape index (κ3) is 2.08. The Balaban J connectivity index is 2.75. The van der Waals surface area contributed by atoms with Crippen molar-refractivity contribution in [2.75, 3.05) is 6.54 Å². The molecule has 0 unspecified atom stereocenters. The van der Waals surface area contributed by atoms with Gasteiger partial charge in [-0.3, -0.25) is 5.32 Å². The lowest BCUT2D eigenvalue weighted by molar-refractivity contribution is 0.658. The molecule has 0 fully saturated rings. The molecule has 2 heteroatoms. The van der Waals surface area contributed by atoms with E-state index < -0.39 is 0 Å². The van der Waals surface area contributed by atoms with Crippen LogP contribution < -0.4 is 5.32 Å². The van der Waals surface area contributed by atoms with Crippen LogP contribution in [0.4, 0.5) is 0 Å². The summed E-state index contributed by atoms with van der Waals surface area (Å²) in [7, 11) is 0. The van der Waals surface area contributed by atoms with Crippen molar-refractivity contribution in [3.8, 4) is 6.07 Å². The number of nitriles is 1. The topological polar surface area (TPSA) is 35.8 Å². The molecule has 0 heterocycles. The summed E-state index contributed by atoms with van der Waals surface area (Å²) in [5, 5.41) is 11.9. The molecule has 62 valence electrons. The molecule has 1 atom stereocenters. The van der Waals surface area contributed by atoms with Crippen molar-refractivity contribution in [1.82, 2.24) is 5.32 Å². The van der Waals surface area contributed by atoms with Gasteiger partial charge in [0.15, 0.2) is 0 Å². The summed E-state index contributed by atoms with van der Waals surface area (Å²) in [6.45, 7) is 2.81. The molecule has 12 heavy (non-hydrogen) atoms. The van der Waals surface area contributed by atoms with Crippen LogP contribution in [0.2, 0.25) is 0 Å². The number of hydrogen-bond acceptors (Lipinski definition) is 2. The normalized spacial score (nSPS) is 12.0. The Morgan fingerprint density at radius 3 is 2.58 bits per heavy atom. The highest BCUT2D eigenvalue weighted by Gasteiger charge is 2.05. The van der Waals surface area contributed by atoms with Crippen molar-refractivity contribution in [2.24, 2.45) is 0 Å². The number of hydrogen-bond donors (Lipinski definition) is 1. The van der Waals surface area contributed by atoms with Gasteiger partial charge in [0.1, 0.15) is 6.04 Å². The Morgan fingerprint density at radius 1 is 1.42 bits per heavy atom. The summed E-state index contributed by atoms with van der Waals surface area (Å²) < 4.78 is 0. The van der Waals surface area contributed by atoms with Crippen LogP contribution in [-0.4, -0.2) is 6.54 Å². The first-order valence-electron chi connectivity index (χ1n) is 4.06. The van der Waals surface area contributed by atoms with Crippen molar-refractivity contribution < 1.29 is 0 Å². The molecule has 0 saturated heterocycles. The molecule has 0 saturated carbocycles. The highest BCUT2D eigenvalue weighted by atomic mass is 14.9. The maximum atomic E-state index is 8.80. The van der Waals surface area contributed by atoms with Gasteiger partial charge in [-0.05, 0) is 12.1 Å². The molecule has 0 aromatic heterocycles. The molecule has 2 nitrogen and oxygen atoms in total. The predicted molar refractivity (Wildman–Crippen MR) is 48.5 cm³/mol. The number of nitrogens with zero attached hydrogens (tertiary/aromatic N) is 1. The quantitative estimate of drug-likeness (QED) is 0.732. The standard InChI is InChI=1S/C10H12N2/c1-2-12-10(8-11)9-6-4-3-5-7-9/h3-7,10,12H,2H2,1H3/t10-/m0/s1. The lowest BCUT2D eigenvalue weighted by Gasteiger charge is -2.08. The van der Waals surface area contributed by atoms with Crippen molar-refractivity contribution in [1.29, 1.82) is 5.26 Å². The molecule has 1 rings (SSSR count). The Bertz CT molecular complexity index is 261. The predicted octanol–water partition coefficient (Wildman–Crippen LogP) is 1.86. The third-order valence-electron chi connectivity index (χ3n) is 1.67. The fourth-order valence-corrected chi connectivity index (χ4v) is 1.09. The molecule has 0 aliphatic rings. The van der Waals surface area contributed by atoms with E-state index in [2.05, 4.69) is 11.4 Å². The summed E-state index contributed by atoms with van der Waals surface area (Å²) in [5.74, 6) is 0. The van der Waals surface area contributed by atoms with E-state index in [1.165, 1.54) is 0 Å². The Kier molecular flexibility index (Phi) is 3.31. The average Bonchev–Trinajstić information content (AvgIpc) is 2.15. The van der Waals surface area contributed by atoms with E-state index in [0.29, 0.717) is 0 Å². The van der Waals surface area contributed by atoms with Crippen molar-refractivity contribution in [3.63, 3.8) is 0 Å². The molecule has 0 amide bonds. The van der Waals surface area contributed by atoms with Crippen LogP contribution in [0, 0.1) is 11.3 Å². The third-order valence-corrected chi connectivity index (χ3v) is 1.67. The van der Waals surface area contributed by atoms with Crippen LogP contribution in [-0.2, 0) is 0 Å². The molecule has 0 bridgehead atoms. The molecule has 0 aliphatic carbocycles. The van der Waals surface area contributed by atoms with Gasteiger partial charge in [0.25, 0.3) is 0 Å². The van der Waals surface area contributed by atoms with Gasteiger partial charge in [0.2, 0.25) is 0 Å². The SMILES string of the molecule is CCN[C@@H](C#N)c1ccccc1. The molecule has 1 aromatic carbocycles. The van der Waals surface area contributed by atoms with Gasteiger partial charge in [0, 0.05) is 0 Å². The van der Waals surface area contributed by atoms with E-state index in [1.54, 1.807) is 0 Å². The first kappa shape index (κ1) is 8.76. The van der Waals surface area contributed by atoms with Gasteiger partial charge in [-0.15, -0.1) is 0 Å². The molecule has 1 N–H and O–H groups in total. The maximum Gasteiger partial charge on any atom is 0.121 e. The second-order valence-corrected chi connectivity index (χ2v) is 2.53. The van der Waals surface area contributed by atoms with E-state index in [0.717, 1.165) is 12.1 Å². The Morgan fingerprint density at radius 2 is 2.08 bits per heavy atom. The summed E-state index contributed by atoms with van der Waals surface area (Å²) >= 11 is 0. The minimum Gasteiger partial charge on any atom is -0.298 e. The number of nitrogens with one attached hydrogen (secondary N) is 1. The molecule has 0 aliphatic heterocycles. The van der Waals surface area contributed by atoms with Gasteiger partial charge in [-0.1, -0.05) is 37.3 Å². The molecular weight excluding hydrogens is 148 g/mol. The lowest BCUT2D eigenvalue weighted by atomic mass is 10.1.